The first kappa shape index (κ1) is 10.5. The molecule has 0 fully saturated rings. The molecule has 64 valence electrons. The van der Waals surface area contributed by atoms with Gasteiger partial charge >= 0.3 is 109 Å². The molecule has 0 aromatic carbocycles. The molecular weight excluding hydrogens is 452 g/mol. The van der Waals surface area contributed by atoms with Crippen molar-refractivity contribution in [2.24, 2.45) is 0 Å². The van der Waals surface area contributed by atoms with E-state index in [2.05, 4.69) is 35.2 Å². The predicted octanol–water partition coefficient (Wildman–Crippen LogP) is 0.414. The zero-order valence-corrected chi connectivity index (χ0v) is 14.3. The standard InChI is InChI=1S/C6H4S2Se4/c7-3-4(8)12-6(11-3)5-9-1-2-10-5/h1-2,7-8H. The van der Waals surface area contributed by atoms with Gasteiger partial charge in [-0.2, -0.15) is 0 Å². The summed E-state index contributed by atoms with van der Waals surface area (Å²) < 4.78 is 6.04. The first-order valence-electron chi connectivity index (χ1n) is 2.98. The molecule has 0 aromatic heterocycles. The van der Waals surface area contributed by atoms with Crippen LogP contribution in [-0.2, 0) is 0 Å². The van der Waals surface area contributed by atoms with Gasteiger partial charge in [0, 0.05) is 0 Å². The van der Waals surface area contributed by atoms with Crippen LogP contribution in [0.1, 0.15) is 0 Å². The molecule has 2 rings (SSSR count). The van der Waals surface area contributed by atoms with Crippen molar-refractivity contribution >= 4 is 85.1 Å². The van der Waals surface area contributed by atoms with Crippen molar-refractivity contribution in [3.05, 3.63) is 24.3 Å². The Kier molecular flexibility index (Phi) is 4.10. The summed E-state index contributed by atoms with van der Waals surface area (Å²) in [5.41, 5.74) is 0. The number of thiol groups is 2. The normalized spacial score (nSPS) is 23.2. The number of hydrogen-bond acceptors (Lipinski definition) is 2. The summed E-state index contributed by atoms with van der Waals surface area (Å²) in [6.07, 6.45) is 0. The van der Waals surface area contributed by atoms with Crippen molar-refractivity contribution in [3.8, 4) is 0 Å². The van der Waals surface area contributed by atoms with Gasteiger partial charge in [0.2, 0.25) is 0 Å². The summed E-state index contributed by atoms with van der Waals surface area (Å²) in [4.78, 5) is 4.71. The van der Waals surface area contributed by atoms with E-state index in [-0.39, 0.29) is 0 Å². The molecule has 2 aliphatic rings. The summed E-state index contributed by atoms with van der Waals surface area (Å²) in [6.45, 7) is 0. The molecule has 0 spiro atoms. The molecule has 12 heavy (non-hydrogen) atoms. The molecule has 0 nitrogen and oxygen atoms in total. The van der Waals surface area contributed by atoms with E-state index in [9.17, 15) is 0 Å². The van der Waals surface area contributed by atoms with E-state index in [0.717, 1.165) is 0 Å². The maximum atomic E-state index is 4.45. The van der Waals surface area contributed by atoms with E-state index in [1.165, 1.54) is 7.61 Å². The van der Waals surface area contributed by atoms with Gasteiger partial charge < -0.3 is 0 Å². The zero-order chi connectivity index (χ0) is 8.55. The summed E-state index contributed by atoms with van der Waals surface area (Å²) >= 11 is 11.4. The Morgan fingerprint density at radius 3 is 1.83 bits per heavy atom. The molecule has 0 bridgehead atoms. The Morgan fingerprint density at radius 1 is 0.833 bits per heavy atom. The second-order valence-electron chi connectivity index (χ2n) is 1.90. The Balaban J connectivity index is 2.16. The van der Waals surface area contributed by atoms with Crippen LogP contribution in [-0.4, -0.2) is 59.8 Å². The van der Waals surface area contributed by atoms with Crippen molar-refractivity contribution in [2.75, 3.05) is 0 Å². The third kappa shape index (κ3) is 2.32. The summed E-state index contributed by atoms with van der Waals surface area (Å²) in [6, 6.07) is 0. The fourth-order valence-corrected chi connectivity index (χ4v) is 16.5. The average molecular weight is 456 g/mol. The molecule has 6 heteroatoms. The van der Waals surface area contributed by atoms with E-state index >= 15 is 0 Å². The number of hydrogen-bond donors (Lipinski definition) is 2. The molecular formula is C6H4S2Se4. The second kappa shape index (κ2) is 4.68. The van der Waals surface area contributed by atoms with Crippen molar-refractivity contribution in [1.82, 2.24) is 0 Å². The van der Waals surface area contributed by atoms with Gasteiger partial charge in [-0.25, -0.2) is 0 Å². The maximum absolute atomic E-state index is 4.45. The van der Waals surface area contributed by atoms with Crippen molar-refractivity contribution < 1.29 is 0 Å². The molecule has 2 aliphatic heterocycles. The quantitative estimate of drug-likeness (QED) is 0.384. The predicted molar refractivity (Wildman–Crippen MR) is 64.2 cm³/mol. The van der Waals surface area contributed by atoms with E-state index in [1.807, 2.05) is 0 Å². The van der Waals surface area contributed by atoms with E-state index in [4.69, 9.17) is 0 Å². The van der Waals surface area contributed by atoms with Gasteiger partial charge in [-0.1, -0.05) is 0 Å². The van der Waals surface area contributed by atoms with Crippen LogP contribution >= 0.6 is 25.3 Å². The Labute approximate surface area is 108 Å². The number of rotatable bonds is 0. The SMILES string of the molecule is SC1=C(S)[Se]C(=C2[Se]C=C[Se]2)[Se]1. The fourth-order valence-electron chi connectivity index (χ4n) is 0.670. The summed E-state index contributed by atoms with van der Waals surface area (Å²) in [5.74, 6) is 0. The Morgan fingerprint density at radius 2 is 1.33 bits per heavy atom. The molecule has 0 N–H and O–H groups in total. The van der Waals surface area contributed by atoms with Gasteiger partial charge in [0.15, 0.2) is 0 Å². The van der Waals surface area contributed by atoms with Crippen LogP contribution in [0.15, 0.2) is 24.3 Å². The summed E-state index contributed by atoms with van der Waals surface area (Å²) in [7, 11) is 0. The minimum absolute atomic E-state index is 0.547. The van der Waals surface area contributed by atoms with E-state index in [0.29, 0.717) is 59.8 Å². The van der Waals surface area contributed by atoms with Crippen LogP contribution in [0.25, 0.3) is 0 Å². The molecule has 0 saturated carbocycles. The zero-order valence-electron chi connectivity index (χ0n) is 5.68. The Hall–Kier alpha value is 2.00. The molecule has 0 aliphatic carbocycles. The van der Waals surface area contributed by atoms with Crippen molar-refractivity contribution in [3.63, 3.8) is 0 Å². The first-order chi connectivity index (χ1) is 5.77. The molecule has 0 unspecified atom stereocenters. The van der Waals surface area contributed by atoms with Crippen LogP contribution in [0.3, 0.4) is 0 Å². The van der Waals surface area contributed by atoms with Crippen LogP contribution in [0.5, 0.6) is 0 Å². The van der Waals surface area contributed by atoms with Crippen LogP contribution in [0.2, 0.25) is 0 Å². The van der Waals surface area contributed by atoms with Crippen LogP contribution < -0.4 is 0 Å². The topological polar surface area (TPSA) is 0 Å². The molecule has 0 saturated heterocycles. The van der Waals surface area contributed by atoms with E-state index < -0.39 is 0 Å². The van der Waals surface area contributed by atoms with Crippen molar-refractivity contribution in [1.29, 1.82) is 0 Å². The van der Waals surface area contributed by atoms with Gasteiger partial charge in [0.25, 0.3) is 0 Å². The molecule has 0 amide bonds. The van der Waals surface area contributed by atoms with Gasteiger partial charge in [-0.05, 0) is 0 Å². The van der Waals surface area contributed by atoms with E-state index in [1.54, 1.807) is 6.74 Å². The fraction of sp³-hybridized carbons (Fsp3) is 0. The third-order valence-corrected chi connectivity index (χ3v) is 17.6. The molecule has 2 heterocycles. The monoisotopic (exact) mass is 460 g/mol. The molecule has 0 aromatic rings. The van der Waals surface area contributed by atoms with Crippen LogP contribution in [0.4, 0.5) is 0 Å². The Bertz CT molecular complexity index is 279. The average Bonchev–Trinajstić information content (AvgIpc) is 2.61. The van der Waals surface area contributed by atoms with Crippen molar-refractivity contribution in [2.45, 2.75) is 0 Å². The first-order valence-corrected chi connectivity index (χ1v) is 11.0. The van der Waals surface area contributed by atoms with Crippen LogP contribution in [0, 0.1) is 0 Å². The second-order valence-corrected chi connectivity index (χ2v) is 14.9. The summed E-state index contributed by atoms with van der Waals surface area (Å²) in [5, 5.41) is 0. The molecule has 0 radical (unpaired) electrons. The van der Waals surface area contributed by atoms with Gasteiger partial charge in [0.05, 0.1) is 0 Å². The van der Waals surface area contributed by atoms with Gasteiger partial charge in [0.1, 0.15) is 0 Å². The van der Waals surface area contributed by atoms with Gasteiger partial charge in [-0.15, -0.1) is 0 Å². The minimum atomic E-state index is 0.547. The molecule has 0 atom stereocenters. The third-order valence-electron chi connectivity index (χ3n) is 1.13. The van der Waals surface area contributed by atoms with Gasteiger partial charge in [-0.3, -0.25) is 0 Å².